The van der Waals surface area contributed by atoms with Crippen molar-refractivity contribution >= 4 is 15.9 Å². The van der Waals surface area contributed by atoms with Crippen LogP contribution in [0.1, 0.15) is 77.7 Å². The van der Waals surface area contributed by atoms with E-state index in [2.05, 4.69) is 37.4 Å². The molecule has 1 N–H and O–H groups in total. The van der Waals surface area contributed by atoms with Crippen LogP contribution in [0.5, 0.6) is 0 Å². The normalized spacial score (nSPS) is 16.5. The molecule has 168 valence electrons. The predicted molar refractivity (Wildman–Crippen MR) is 125 cm³/mol. The van der Waals surface area contributed by atoms with Crippen molar-refractivity contribution < 1.29 is 13.2 Å². The van der Waals surface area contributed by atoms with Gasteiger partial charge in [0.15, 0.2) is 0 Å². The van der Waals surface area contributed by atoms with E-state index in [4.69, 9.17) is 0 Å². The number of benzene rings is 2. The van der Waals surface area contributed by atoms with Crippen molar-refractivity contribution in [2.75, 3.05) is 13.1 Å². The van der Waals surface area contributed by atoms with Crippen LogP contribution in [-0.4, -0.2) is 31.7 Å². The van der Waals surface area contributed by atoms with Gasteiger partial charge in [-0.3, -0.25) is 4.79 Å². The molecule has 1 saturated heterocycles. The molecule has 0 bridgehead atoms. The number of nitrogens with one attached hydrogen (secondary N) is 1. The molecule has 0 aromatic heterocycles. The zero-order valence-corrected chi connectivity index (χ0v) is 19.9. The molecule has 0 saturated carbocycles. The third-order valence-electron chi connectivity index (χ3n) is 6.17. The van der Waals surface area contributed by atoms with Gasteiger partial charge in [-0.15, -0.1) is 0 Å². The summed E-state index contributed by atoms with van der Waals surface area (Å²) in [6, 6.07) is 11.0. The molecular formula is C25H34N2O3S. The maximum atomic E-state index is 13.2. The van der Waals surface area contributed by atoms with Crippen molar-refractivity contribution in [3.63, 3.8) is 0 Å². The highest BCUT2D eigenvalue weighted by atomic mass is 32.2. The number of amides is 1. The Balaban J connectivity index is 1.87. The van der Waals surface area contributed by atoms with Gasteiger partial charge in [0.2, 0.25) is 10.0 Å². The fourth-order valence-electron chi connectivity index (χ4n) is 4.29. The van der Waals surface area contributed by atoms with Crippen LogP contribution in [0.25, 0.3) is 0 Å². The van der Waals surface area contributed by atoms with Gasteiger partial charge in [-0.1, -0.05) is 49.6 Å². The minimum atomic E-state index is -3.60. The van der Waals surface area contributed by atoms with Crippen LogP contribution in [0, 0.1) is 20.8 Å². The highest BCUT2D eigenvalue weighted by Crippen LogP contribution is 2.25. The smallest absolute Gasteiger partial charge is 0.252 e. The zero-order valence-electron chi connectivity index (χ0n) is 19.1. The Morgan fingerprint density at radius 1 is 0.968 bits per heavy atom. The van der Waals surface area contributed by atoms with E-state index in [1.165, 1.54) is 5.56 Å². The lowest BCUT2D eigenvalue weighted by Crippen LogP contribution is -2.33. The number of hydrogen-bond donors (Lipinski definition) is 1. The molecule has 0 unspecified atom stereocenters. The van der Waals surface area contributed by atoms with E-state index < -0.39 is 10.0 Å². The van der Waals surface area contributed by atoms with Crippen molar-refractivity contribution in [1.29, 1.82) is 0 Å². The Morgan fingerprint density at radius 3 is 2.26 bits per heavy atom. The van der Waals surface area contributed by atoms with Crippen LogP contribution in [-0.2, 0) is 10.0 Å². The Labute approximate surface area is 186 Å². The summed E-state index contributed by atoms with van der Waals surface area (Å²) in [4.78, 5) is 13.4. The molecule has 3 rings (SSSR count). The predicted octanol–water partition coefficient (Wildman–Crippen LogP) is 5.06. The van der Waals surface area contributed by atoms with E-state index in [-0.39, 0.29) is 16.8 Å². The van der Waals surface area contributed by atoms with Crippen LogP contribution in [0.15, 0.2) is 41.3 Å². The summed E-state index contributed by atoms with van der Waals surface area (Å²) in [6.45, 7) is 9.07. The number of nitrogens with zero attached hydrogens (tertiary/aromatic N) is 1. The van der Waals surface area contributed by atoms with E-state index in [9.17, 15) is 13.2 Å². The minimum Gasteiger partial charge on any atom is -0.345 e. The first-order valence-corrected chi connectivity index (χ1v) is 12.7. The monoisotopic (exact) mass is 442 g/mol. The van der Waals surface area contributed by atoms with Crippen molar-refractivity contribution in [3.05, 3.63) is 64.2 Å². The van der Waals surface area contributed by atoms with Crippen LogP contribution < -0.4 is 5.32 Å². The molecule has 1 amide bonds. The maximum Gasteiger partial charge on any atom is 0.252 e. The number of hydrogen-bond acceptors (Lipinski definition) is 3. The van der Waals surface area contributed by atoms with Gasteiger partial charge in [0.05, 0.1) is 10.9 Å². The summed E-state index contributed by atoms with van der Waals surface area (Å²) >= 11 is 0. The fourth-order valence-corrected chi connectivity index (χ4v) is 5.83. The van der Waals surface area contributed by atoms with Crippen molar-refractivity contribution in [2.24, 2.45) is 0 Å². The van der Waals surface area contributed by atoms with Crippen LogP contribution in [0.4, 0.5) is 0 Å². The second kappa shape index (κ2) is 9.96. The van der Waals surface area contributed by atoms with Gasteiger partial charge >= 0.3 is 0 Å². The number of rotatable bonds is 6. The number of carbonyl (C=O) groups excluding carboxylic acids is 1. The lowest BCUT2D eigenvalue weighted by molar-refractivity contribution is 0.0934. The molecule has 31 heavy (non-hydrogen) atoms. The minimum absolute atomic E-state index is 0.127. The molecule has 1 aliphatic rings. The molecular weight excluding hydrogens is 408 g/mol. The van der Waals surface area contributed by atoms with Gasteiger partial charge in [0.25, 0.3) is 5.91 Å². The lowest BCUT2D eigenvalue weighted by Gasteiger charge is -2.22. The number of aryl methyl sites for hydroxylation is 3. The van der Waals surface area contributed by atoms with Gasteiger partial charge in [-0.25, -0.2) is 8.42 Å². The first-order valence-electron chi connectivity index (χ1n) is 11.2. The molecule has 0 aliphatic carbocycles. The third-order valence-corrected chi connectivity index (χ3v) is 8.07. The molecule has 6 heteroatoms. The zero-order chi connectivity index (χ0) is 22.6. The number of sulfonamides is 1. The van der Waals surface area contributed by atoms with Crippen molar-refractivity contribution in [1.82, 2.24) is 9.62 Å². The molecule has 1 atom stereocenters. The average molecular weight is 443 g/mol. The maximum absolute atomic E-state index is 13.2. The summed E-state index contributed by atoms with van der Waals surface area (Å²) in [5, 5.41) is 3.12. The summed E-state index contributed by atoms with van der Waals surface area (Å²) in [5.41, 5.74) is 4.60. The van der Waals surface area contributed by atoms with Crippen LogP contribution in [0.3, 0.4) is 0 Å². The van der Waals surface area contributed by atoms with E-state index in [1.54, 1.807) is 22.5 Å². The average Bonchev–Trinajstić information content (AvgIpc) is 3.02. The largest absolute Gasteiger partial charge is 0.345 e. The van der Waals surface area contributed by atoms with Crippen molar-refractivity contribution in [2.45, 2.75) is 70.7 Å². The van der Waals surface area contributed by atoms with Gasteiger partial charge in [-0.2, -0.15) is 4.31 Å². The van der Waals surface area contributed by atoms with Crippen LogP contribution >= 0.6 is 0 Å². The highest BCUT2D eigenvalue weighted by molar-refractivity contribution is 7.89. The summed E-state index contributed by atoms with van der Waals surface area (Å²) < 4.78 is 28.0. The lowest BCUT2D eigenvalue weighted by atomic mass is 9.97. The SMILES string of the molecule is CC[C@H](NC(=O)c1cc(S(=O)(=O)N2CCCCCC2)ccc1C)c1ccc(C)cc1C. The Morgan fingerprint density at radius 2 is 1.65 bits per heavy atom. The van der Waals surface area contributed by atoms with Crippen LogP contribution in [0.2, 0.25) is 0 Å². The summed E-state index contributed by atoms with van der Waals surface area (Å²) in [7, 11) is -3.60. The Bertz CT molecular complexity index is 1040. The Hall–Kier alpha value is -2.18. The topological polar surface area (TPSA) is 66.5 Å². The fraction of sp³-hybridized carbons (Fsp3) is 0.480. The molecule has 0 spiro atoms. The van der Waals surface area contributed by atoms with Gasteiger partial charge in [0.1, 0.15) is 0 Å². The second-order valence-corrected chi connectivity index (χ2v) is 10.5. The van der Waals surface area contributed by atoms with E-state index in [0.717, 1.165) is 48.8 Å². The summed E-state index contributed by atoms with van der Waals surface area (Å²) in [6.07, 6.45) is 4.63. The molecule has 2 aromatic rings. The molecule has 1 aliphatic heterocycles. The first-order chi connectivity index (χ1) is 14.7. The highest BCUT2D eigenvalue weighted by Gasteiger charge is 2.27. The summed E-state index contributed by atoms with van der Waals surface area (Å²) in [5.74, 6) is -0.239. The van der Waals surface area contributed by atoms with Gasteiger partial charge in [-0.05, 0) is 68.9 Å². The molecule has 1 fully saturated rings. The van der Waals surface area contributed by atoms with E-state index in [1.807, 2.05) is 13.8 Å². The quantitative estimate of drug-likeness (QED) is 0.680. The number of carbonyl (C=O) groups is 1. The molecule has 2 aromatic carbocycles. The molecule has 5 nitrogen and oxygen atoms in total. The van der Waals surface area contributed by atoms with Gasteiger partial charge in [0, 0.05) is 18.7 Å². The first kappa shape index (κ1) is 23.5. The van der Waals surface area contributed by atoms with Gasteiger partial charge < -0.3 is 5.32 Å². The molecule has 0 radical (unpaired) electrons. The standard InChI is InChI=1S/C25H34N2O3S/c1-5-24(22-13-10-18(2)16-20(22)4)26-25(28)23-17-21(12-11-19(23)3)31(29,30)27-14-8-6-7-9-15-27/h10-13,16-17,24H,5-9,14-15H2,1-4H3,(H,26,28)/t24-/m0/s1. The third kappa shape index (κ3) is 5.36. The van der Waals surface area contributed by atoms with E-state index >= 15 is 0 Å². The second-order valence-electron chi connectivity index (χ2n) is 8.59. The van der Waals surface area contributed by atoms with Crippen molar-refractivity contribution in [3.8, 4) is 0 Å². The molecule has 1 heterocycles. The van der Waals surface area contributed by atoms with E-state index in [0.29, 0.717) is 18.7 Å². The Kier molecular flexibility index (Phi) is 7.55.